The molecule has 1 saturated heterocycles. The first-order valence-corrected chi connectivity index (χ1v) is 7.54. The van der Waals surface area contributed by atoms with E-state index in [1.165, 1.54) is 12.6 Å². The molecule has 1 aromatic heterocycles. The predicted octanol–water partition coefficient (Wildman–Crippen LogP) is 3.88. The first-order chi connectivity index (χ1) is 10.5. The van der Waals surface area contributed by atoms with Gasteiger partial charge in [0.25, 0.3) is 0 Å². The molecule has 1 fully saturated rings. The summed E-state index contributed by atoms with van der Waals surface area (Å²) in [5.41, 5.74) is 2.80. The second kappa shape index (κ2) is 5.69. The van der Waals surface area contributed by atoms with Crippen LogP contribution in [0.15, 0.2) is 36.5 Å². The molecule has 2 heterocycles. The number of aromatic nitrogens is 1. The van der Waals surface area contributed by atoms with E-state index < -0.39 is 0 Å². The molecule has 1 aliphatic heterocycles. The van der Waals surface area contributed by atoms with Crippen LogP contribution in [0.3, 0.4) is 0 Å². The lowest BCUT2D eigenvalue weighted by Gasteiger charge is -2.48. The summed E-state index contributed by atoms with van der Waals surface area (Å²) >= 11 is 0. The van der Waals surface area contributed by atoms with Gasteiger partial charge in [-0.2, -0.15) is 0 Å². The molecule has 0 bridgehead atoms. The van der Waals surface area contributed by atoms with Crippen LogP contribution in [-0.4, -0.2) is 29.1 Å². The van der Waals surface area contributed by atoms with Crippen LogP contribution in [0.1, 0.15) is 25.8 Å². The molecular weight excluding hydrogens is 279 g/mol. The molecule has 22 heavy (non-hydrogen) atoms. The number of rotatable bonds is 4. The van der Waals surface area contributed by atoms with Gasteiger partial charge in [-0.15, -0.1) is 0 Å². The van der Waals surface area contributed by atoms with Crippen LogP contribution >= 0.6 is 0 Å². The van der Waals surface area contributed by atoms with Gasteiger partial charge in [-0.3, -0.25) is 4.90 Å². The minimum atomic E-state index is -0.323. The van der Waals surface area contributed by atoms with Crippen molar-refractivity contribution < 1.29 is 9.13 Å². The number of pyridine rings is 1. The summed E-state index contributed by atoms with van der Waals surface area (Å²) in [7, 11) is 1.54. The molecular formula is C18H21FN2O. The maximum absolute atomic E-state index is 14.2. The topological polar surface area (TPSA) is 25.4 Å². The van der Waals surface area contributed by atoms with Crippen LogP contribution in [0.25, 0.3) is 11.1 Å². The molecule has 2 aromatic rings. The van der Waals surface area contributed by atoms with Crippen molar-refractivity contribution in [2.24, 2.45) is 0 Å². The minimum Gasteiger partial charge on any atom is -0.481 e. The molecule has 0 atom stereocenters. The molecule has 0 amide bonds. The lowest BCUT2D eigenvalue weighted by molar-refractivity contribution is 0.00808. The molecule has 1 aromatic carbocycles. The minimum absolute atomic E-state index is 0.224. The van der Waals surface area contributed by atoms with Gasteiger partial charge in [0.2, 0.25) is 5.88 Å². The van der Waals surface area contributed by atoms with Crippen LogP contribution < -0.4 is 4.74 Å². The maximum atomic E-state index is 14.2. The summed E-state index contributed by atoms with van der Waals surface area (Å²) in [5.74, 6) is 0.103. The molecule has 0 aliphatic carbocycles. The number of likely N-dealkylation sites (tertiary alicyclic amines) is 1. The number of hydrogen-bond acceptors (Lipinski definition) is 3. The average Bonchev–Trinajstić information content (AvgIpc) is 2.52. The van der Waals surface area contributed by atoms with Gasteiger partial charge in [0.05, 0.1) is 13.3 Å². The van der Waals surface area contributed by atoms with Crippen molar-refractivity contribution in [1.29, 1.82) is 0 Å². The van der Waals surface area contributed by atoms with Gasteiger partial charge in [0, 0.05) is 30.3 Å². The third kappa shape index (κ3) is 2.71. The SMILES string of the molecule is COc1cc(-c2ccccc2CN2CCC2(C)C)c(F)cn1. The summed E-state index contributed by atoms with van der Waals surface area (Å²) in [5, 5.41) is 0. The third-order valence-electron chi connectivity index (χ3n) is 4.56. The highest BCUT2D eigenvalue weighted by atomic mass is 19.1. The second-order valence-electron chi connectivity index (χ2n) is 6.35. The van der Waals surface area contributed by atoms with Crippen LogP contribution in [0.2, 0.25) is 0 Å². The van der Waals surface area contributed by atoms with Crippen molar-refractivity contribution in [1.82, 2.24) is 9.88 Å². The Hall–Kier alpha value is -1.94. The largest absolute Gasteiger partial charge is 0.481 e. The molecule has 0 N–H and O–H groups in total. The van der Waals surface area contributed by atoms with Crippen LogP contribution in [-0.2, 0) is 6.54 Å². The van der Waals surface area contributed by atoms with Gasteiger partial charge in [-0.1, -0.05) is 24.3 Å². The van der Waals surface area contributed by atoms with Gasteiger partial charge in [-0.25, -0.2) is 9.37 Å². The number of hydrogen-bond donors (Lipinski definition) is 0. The summed E-state index contributed by atoms with van der Waals surface area (Å²) in [4.78, 5) is 6.34. The van der Waals surface area contributed by atoms with Crippen molar-refractivity contribution in [2.45, 2.75) is 32.4 Å². The first kappa shape index (κ1) is 15.0. The van der Waals surface area contributed by atoms with E-state index in [0.717, 1.165) is 24.2 Å². The van der Waals surface area contributed by atoms with Gasteiger partial charge >= 0.3 is 0 Å². The highest BCUT2D eigenvalue weighted by molar-refractivity contribution is 5.68. The van der Waals surface area contributed by atoms with Gasteiger partial charge in [0.1, 0.15) is 5.82 Å². The van der Waals surface area contributed by atoms with Crippen molar-refractivity contribution in [3.63, 3.8) is 0 Å². The zero-order valence-electron chi connectivity index (χ0n) is 13.3. The Balaban J connectivity index is 1.98. The fourth-order valence-corrected chi connectivity index (χ4v) is 2.87. The van der Waals surface area contributed by atoms with E-state index in [-0.39, 0.29) is 11.4 Å². The van der Waals surface area contributed by atoms with E-state index >= 15 is 0 Å². The molecule has 4 heteroatoms. The van der Waals surface area contributed by atoms with E-state index in [2.05, 4.69) is 29.8 Å². The number of ether oxygens (including phenoxy) is 1. The molecule has 0 unspecified atom stereocenters. The average molecular weight is 300 g/mol. The van der Waals surface area contributed by atoms with E-state index in [1.54, 1.807) is 13.2 Å². The van der Waals surface area contributed by atoms with Crippen molar-refractivity contribution in [3.8, 4) is 17.0 Å². The Morgan fingerprint density at radius 1 is 1.27 bits per heavy atom. The second-order valence-corrected chi connectivity index (χ2v) is 6.35. The lowest BCUT2D eigenvalue weighted by Crippen LogP contribution is -2.54. The summed E-state index contributed by atoms with van der Waals surface area (Å²) in [6, 6.07) is 9.62. The number of nitrogens with zero attached hydrogens (tertiary/aromatic N) is 2. The highest BCUT2D eigenvalue weighted by Gasteiger charge is 2.35. The molecule has 0 spiro atoms. The van der Waals surface area contributed by atoms with Crippen LogP contribution in [0.4, 0.5) is 4.39 Å². The smallest absolute Gasteiger partial charge is 0.213 e. The van der Waals surface area contributed by atoms with Gasteiger partial charge < -0.3 is 4.74 Å². The third-order valence-corrected chi connectivity index (χ3v) is 4.56. The predicted molar refractivity (Wildman–Crippen MR) is 85.3 cm³/mol. The van der Waals surface area contributed by atoms with Gasteiger partial charge in [0.15, 0.2) is 0 Å². The van der Waals surface area contributed by atoms with E-state index in [0.29, 0.717) is 11.4 Å². The molecule has 3 rings (SSSR count). The summed E-state index contributed by atoms with van der Waals surface area (Å²) < 4.78 is 19.4. The summed E-state index contributed by atoms with van der Waals surface area (Å²) in [6.07, 6.45) is 2.42. The number of benzene rings is 1. The zero-order chi connectivity index (χ0) is 15.7. The van der Waals surface area contributed by atoms with E-state index in [1.807, 2.05) is 18.2 Å². The fraction of sp³-hybridized carbons (Fsp3) is 0.389. The van der Waals surface area contributed by atoms with Crippen LogP contribution in [0, 0.1) is 5.82 Å². The Morgan fingerprint density at radius 2 is 2.05 bits per heavy atom. The number of methoxy groups -OCH3 is 1. The molecule has 0 radical (unpaired) electrons. The molecule has 3 nitrogen and oxygen atoms in total. The number of halogens is 1. The highest BCUT2D eigenvalue weighted by Crippen LogP contribution is 2.34. The van der Waals surface area contributed by atoms with E-state index in [4.69, 9.17) is 4.74 Å². The Labute approximate surface area is 130 Å². The van der Waals surface area contributed by atoms with Crippen LogP contribution in [0.5, 0.6) is 5.88 Å². The van der Waals surface area contributed by atoms with E-state index in [9.17, 15) is 4.39 Å². The normalized spacial score (nSPS) is 17.1. The van der Waals surface area contributed by atoms with Crippen molar-refractivity contribution in [3.05, 3.63) is 47.9 Å². The maximum Gasteiger partial charge on any atom is 0.213 e. The quantitative estimate of drug-likeness (QED) is 0.857. The monoisotopic (exact) mass is 300 g/mol. The summed E-state index contributed by atoms with van der Waals surface area (Å²) in [6.45, 7) is 6.40. The molecule has 0 saturated carbocycles. The Kier molecular flexibility index (Phi) is 3.87. The standard InChI is InChI=1S/C18H21FN2O/c1-18(2)8-9-21(18)12-13-6-4-5-7-14(13)15-10-17(22-3)20-11-16(15)19/h4-7,10-11H,8-9,12H2,1-3H3. The Morgan fingerprint density at radius 3 is 2.68 bits per heavy atom. The first-order valence-electron chi connectivity index (χ1n) is 7.54. The molecule has 1 aliphatic rings. The van der Waals surface area contributed by atoms with Crippen molar-refractivity contribution >= 4 is 0 Å². The fourth-order valence-electron chi connectivity index (χ4n) is 2.87. The molecule has 116 valence electrons. The van der Waals surface area contributed by atoms with Gasteiger partial charge in [-0.05, 0) is 31.4 Å². The van der Waals surface area contributed by atoms with Crippen molar-refractivity contribution in [2.75, 3.05) is 13.7 Å². The Bertz CT molecular complexity index is 685. The lowest BCUT2D eigenvalue weighted by atomic mass is 9.87. The zero-order valence-corrected chi connectivity index (χ0v) is 13.3.